The summed E-state index contributed by atoms with van der Waals surface area (Å²) >= 11 is 0. The van der Waals surface area contributed by atoms with Gasteiger partial charge in [-0.2, -0.15) is 0 Å². The molecule has 0 radical (unpaired) electrons. The molecule has 0 spiro atoms. The molecule has 150 valence electrons. The van der Waals surface area contributed by atoms with E-state index in [2.05, 4.69) is 15.0 Å². The number of rotatable bonds is 8. The zero-order valence-corrected chi connectivity index (χ0v) is 16.9. The Hall–Kier alpha value is -3.09. The first kappa shape index (κ1) is 21.2. The Balaban J connectivity index is 2.18. The monoisotopic (exact) mass is 384 g/mol. The highest BCUT2D eigenvalue weighted by atomic mass is 16.5. The van der Waals surface area contributed by atoms with E-state index in [1.165, 1.54) is 7.11 Å². The van der Waals surface area contributed by atoms with Gasteiger partial charge in [0.2, 0.25) is 5.91 Å². The number of methoxy groups -OCH3 is 1. The molecule has 0 saturated heterocycles. The molecular formula is C21H28N4O3. The summed E-state index contributed by atoms with van der Waals surface area (Å²) in [6, 6.07) is 13.3. The van der Waals surface area contributed by atoms with E-state index in [0.29, 0.717) is 19.4 Å². The van der Waals surface area contributed by atoms with Gasteiger partial charge in [0.15, 0.2) is 0 Å². The number of pyridine rings is 1. The molecule has 28 heavy (non-hydrogen) atoms. The Labute approximate surface area is 166 Å². The lowest BCUT2D eigenvalue weighted by atomic mass is 10.1. The predicted octanol–water partition coefficient (Wildman–Crippen LogP) is 3.38. The Morgan fingerprint density at radius 1 is 1.11 bits per heavy atom. The maximum atomic E-state index is 13.0. The van der Waals surface area contributed by atoms with E-state index in [4.69, 9.17) is 0 Å². The summed E-state index contributed by atoms with van der Waals surface area (Å²) < 4.78 is 4.54. The van der Waals surface area contributed by atoms with Crippen molar-refractivity contribution in [3.8, 4) is 0 Å². The second-order valence-corrected chi connectivity index (χ2v) is 6.63. The summed E-state index contributed by atoms with van der Waals surface area (Å²) in [5.41, 5.74) is 2.69. The molecule has 1 heterocycles. The topological polar surface area (TPSA) is 74.8 Å². The van der Waals surface area contributed by atoms with Crippen molar-refractivity contribution in [1.29, 1.82) is 0 Å². The zero-order chi connectivity index (χ0) is 20.5. The number of amides is 2. The van der Waals surface area contributed by atoms with E-state index in [0.717, 1.165) is 17.1 Å². The van der Waals surface area contributed by atoms with Gasteiger partial charge in [0, 0.05) is 44.6 Å². The number of nitrogens with one attached hydrogen (secondary N) is 1. The standard InChI is InChI=1S/C21H28N4O3/c1-16(19-8-5-6-14-22-19)25(18-12-10-17(11-13-18)24(2)3)20(26)9-7-15-23-21(27)28-4/h5-6,8,10-14,16H,7,9,15H2,1-4H3,(H,23,27)/t16-/m1/s1. The SMILES string of the molecule is COC(=O)NCCCC(=O)N(c1ccc(N(C)C)cc1)[C@H](C)c1ccccn1. The number of anilines is 2. The molecule has 0 unspecified atom stereocenters. The van der Waals surface area contributed by atoms with Crippen LogP contribution in [0.1, 0.15) is 31.5 Å². The third-order valence-electron chi connectivity index (χ3n) is 4.44. The molecule has 1 aromatic carbocycles. The molecule has 1 atom stereocenters. The number of ether oxygens (including phenoxy) is 1. The lowest BCUT2D eigenvalue weighted by Crippen LogP contribution is -2.34. The molecule has 0 bridgehead atoms. The number of hydrogen-bond donors (Lipinski definition) is 1. The predicted molar refractivity (Wildman–Crippen MR) is 111 cm³/mol. The number of nitrogens with zero attached hydrogens (tertiary/aromatic N) is 3. The number of benzene rings is 1. The Kier molecular flexibility index (Phi) is 7.80. The normalized spacial score (nSPS) is 11.4. The van der Waals surface area contributed by atoms with Gasteiger partial charge < -0.3 is 19.9 Å². The second kappa shape index (κ2) is 10.3. The number of alkyl carbamates (subject to hydrolysis) is 1. The van der Waals surface area contributed by atoms with Crippen molar-refractivity contribution >= 4 is 23.4 Å². The highest BCUT2D eigenvalue weighted by Crippen LogP contribution is 2.28. The van der Waals surface area contributed by atoms with Crippen LogP contribution in [0.25, 0.3) is 0 Å². The first-order chi connectivity index (χ1) is 13.4. The van der Waals surface area contributed by atoms with E-state index in [1.807, 2.05) is 68.4 Å². The van der Waals surface area contributed by atoms with Gasteiger partial charge in [-0.05, 0) is 49.7 Å². The Morgan fingerprint density at radius 2 is 1.79 bits per heavy atom. The van der Waals surface area contributed by atoms with E-state index >= 15 is 0 Å². The molecular weight excluding hydrogens is 356 g/mol. The third-order valence-corrected chi connectivity index (χ3v) is 4.44. The van der Waals surface area contributed by atoms with Crippen LogP contribution in [0.5, 0.6) is 0 Å². The zero-order valence-electron chi connectivity index (χ0n) is 16.9. The van der Waals surface area contributed by atoms with Crippen LogP contribution in [0.2, 0.25) is 0 Å². The van der Waals surface area contributed by atoms with Gasteiger partial charge in [-0.25, -0.2) is 4.79 Å². The number of carbonyl (C=O) groups excluding carboxylic acids is 2. The molecule has 0 fully saturated rings. The van der Waals surface area contributed by atoms with Gasteiger partial charge >= 0.3 is 6.09 Å². The molecule has 2 amide bonds. The van der Waals surface area contributed by atoms with E-state index < -0.39 is 6.09 Å². The van der Waals surface area contributed by atoms with Crippen molar-refractivity contribution in [2.75, 3.05) is 37.5 Å². The summed E-state index contributed by atoms with van der Waals surface area (Å²) in [6.45, 7) is 2.34. The molecule has 1 aromatic heterocycles. The van der Waals surface area contributed by atoms with Crippen molar-refractivity contribution < 1.29 is 14.3 Å². The maximum Gasteiger partial charge on any atom is 0.406 e. The van der Waals surface area contributed by atoms with Crippen LogP contribution in [-0.4, -0.2) is 44.7 Å². The largest absolute Gasteiger partial charge is 0.453 e. The fourth-order valence-corrected chi connectivity index (χ4v) is 2.87. The second-order valence-electron chi connectivity index (χ2n) is 6.63. The van der Waals surface area contributed by atoms with Gasteiger partial charge in [-0.1, -0.05) is 6.07 Å². The third kappa shape index (κ3) is 5.70. The van der Waals surface area contributed by atoms with Crippen LogP contribution in [0.3, 0.4) is 0 Å². The van der Waals surface area contributed by atoms with Crippen LogP contribution >= 0.6 is 0 Å². The molecule has 0 aliphatic rings. The quantitative estimate of drug-likeness (QED) is 0.706. The average molecular weight is 384 g/mol. The number of hydrogen-bond acceptors (Lipinski definition) is 5. The van der Waals surface area contributed by atoms with Crippen LogP contribution < -0.4 is 15.1 Å². The van der Waals surface area contributed by atoms with Crippen molar-refractivity contribution in [1.82, 2.24) is 10.3 Å². The van der Waals surface area contributed by atoms with Crippen molar-refractivity contribution in [3.05, 3.63) is 54.4 Å². The van der Waals surface area contributed by atoms with Gasteiger partial charge in [0.1, 0.15) is 0 Å². The van der Waals surface area contributed by atoms with Crippen LogP contribution in [-0.2, 0) is 9.53 Å². The highest BCUT2D eigenvalue weighted by Gasteiger charge is 2.24. The Bertz CT molecular complexity index is 763. The lowest BCUT2D eigenvalue weighted by molar-refractivity contribution is -0.119. The first-order valence-corrected chi connectivity index (χ1v) is 9.26. The Morgan fingerprint density at radius 3 is 2.36 bits per heavy atom. The lowest BCUT2D eigenvalue weighted by Gasteiger charge is -2.29. The van der Waals surface area contributed by atoms with Gasteiger partial charge in [0.25, 0.3) is 0 Å². The first-order valence-electron chi connectivity index (χ1n) is 9.26. The summed E-state index contributed by atoms with van der Waals surface area (Å²) in [5.74, 6) is -0.0255. The summed E-state index contributed by atoms with van der Waals surface area (Å²) in [4.78, 5) is 32.4. The van der Waals surface area contributed by atoms with Gasteiger partial charge in [-0.3, -0.25) is 9.78 Å². The fraction of sp³-hybridized carbons (Fsp3) is 0.381. The molecule has 0 aliphatic heterocycles. The van der Waals surface area contributed by atoms with Crippen LogP contribution in [0, 0.1) is 0 Å². The minimum absolute atomic E-state index is 0.0255. The molecule has 0 aliphatic carbocycles. The van der Waals surface area contributed by atoms with Crippen molar-refractivity contribution in [3.63, 3.8) is 0 Å². The molecule has 0 saturated carbocycles. The van der Waals surface area contributed by atoms with E-state index in [9.17, 15) is 9.59 Å². The molecule has 7 heteroatoms. The molecule has 2 aromatic rings. The molecule has 2 rings (SSSR count). The summed E-state index contributed by atoms with van der Waals surface area (Å²) in [5, 5.41) is 2.60. The average Bonchev–Trinajstić information content (AvgIpc) is 2.72. The van der Waals surface area contributed by atoms with Gasteiger partial charge in [0.05, 0.1) is 18.8 Å². The van der Waals surface area contributed by atoms with E-state index in [1.54, 1.807) is 11.1 Å². The van der Waals surface area contributed by atoms with Crippen molar-refractivity contribution in [2.45, 2.75) is 25.8 Å². The fourth-order valence-electron chi connectivity index (χ4n) is 2.87. The highest BCUT2D eigenvalue weighted by molar-refractivity contribution is 5.94. The number of aromatic nitrogens is 1. The van der Waals surface area contributed by atoms with E-state index in [-0.39, 0.29) is 11.9 Å². The van der Waals surface area contributed by atoms with Gasteiger partial charge in [-0.15, -0.1) is 0 Å². The summed E-state index contributed by atoms with van der Waals surface area (Å²) in [6.07, 6.45) is 2.06. The van der Waals surface area contributed by atoms with Crippen molar-refractivity contribution in [2.24, 2.45) is 0 Å². The smallest absolute Gasteiger partial charge is 0.406 e. The minimum Gasteiger partial charge on any atom is -0.453 e. The summed E-state index contributed by atoms with van der Waals surface area (Å²) in [7, 11) is 5.26. The van der Waals surface area contributed by atoms with Crippen LogP contribution in [0.15, 0.2) is 48.7 Å². The molecule has 7 nitrogen and oxygen atoms in total. The molecule has 1 N–H and O–H groups in total. The minimum atomic E-state index is -0.495. The van der Waals surface area contributed by atoms with Crippen LogP contribution in [0.4, 0.5) is 16.2 Å². The maximum absolute atomic E-state index is 13.0. The number of carbonyl (C=O) groups is 2.